The second kappa shape index (κ2) is 4.58. The van der Waals surface area contributed by atoms with Crippen LogP contribution in [0.25, 0.3) is 11.5 Å². The maximum atomic E-state index is 13.0. The van der Waals surface area contributed by atoms with Gasteiger partial charge in [0, 0.05) is 5.56 Å². The van der Waals surface area contributed by atoms with Gasteiger partial charge in [-0.15, -0.1) is 0 Å². The summed E-state index contributed by atoms with van der Waals surface area (Å²) in [5.74, 6) is -1.75. The maximum Gasteiger partial charge on any atom is 0.258 e. The van der Waals surface area contributed by atoms with Gasteiger partial charge in [0.05, 0.1) is 0 Å². The highest BCUT2D eigenvalue weighted by Gasteiger charge is 2.15. The standard InChI is InChI=1S/C11H10F2N2O2/c1-2-9(16)10-14-11(17-15-10)6-3-4-7(12)8(13)5-6/h3-5,9,16H,2H2,1H3. The molecule has 2 aromatic rings. The van der Waals surface area contributed by atoms with E-state index in [9.17, 15) is 13.9 Å². The van der Waals surface area contributed by atoms with Crippen molar-refractivity contribution in [1.29, 1.82) is 0 Å². The van der Waals surface area contributed by atoms with Crippen LogP contribution in [0.1, 0.15) is 25.3 Å². The first-order valence-corrected chi connectivity index (χ1v) is 5.09. The van der Waals surface area contributed by atoms with Crippen LogP contribution in [0.4, 0.5) is 8.78 Å². The third kappa shape index (κ3) is 2.31. The Kier molecular flexibility index (Phi) is 3.14. The van der Waals surface area contributed by atoms with E-state index in [1.54, 1.807) is 6.92 Å². The van der Waals surface area contributed by atoms with Gasteiger partial charge < -0.3 is 9.63 Å². The molecule has 1 aromatic carbocycles. The maximum absolute atomic E-state index is 13.0. The Hall–Kier alpha value is -1.82. The number of benzene rings is 1. The average molecular weight is 240 g/mol. The fraction of sp³-hybridized carbons (Fsp3) is 0.273. The van der Waals surface area contributed by atoms with Crippen LogP contribution < -0.4 is 0 Å². The average Bonchev–Trinajstić information content (AvgIpc) is 2.81. The second-order valence-electron chi connectivity index (χ2n) is 3.51. The number of aliphatic hydroxyl groups excluding tert-OH is 1. The number of halogens is 2. The molecule has 0 amide bonds. The molecule has 1 unspecified atom stereocenters. The van der Waals surface area contributed by atoms with Gasteiger partial charge in [0.1, 0.15) is 6.10 Å². The molecule has 0 bridgehead atoms. The van der Waals surface area contributed by atoms with Crippen LogP contribution >= 0.6 is 0 Å². The quantitative estimate of drug-likeness (QED) is 0.895. The third-order valence-electron chi connectivity index (χ3n) is 2.29. The lowest BCUT2D eigenvalue weighted by molar-refractivity contribution is 0.159. The van der Waals surface area contributed by atoms with E-state index in [1.165, 1.54) is 6.07 Å². The van der Waals surface area contributed by atoms with Gasteiger partial charge in [-0.05, 0) is 24.6 Å². The van der Waals surface area contributed by atoms with Crippen molar-refractivity contribution in [2.24, 2.45) is 0 Å². The highest BCUT2D eigenvalue weighted by Crippen LogP contribution is 2.22. The summed E-state index contributed by atoms with van der Waals surface area (Å²) in [7, 11) is 0. The third-order valence-corrected chi connectivity index (χ3v) is 2.29. The first-order valence-electron chi connectivity index (χ1n) is 5.09. The van der Waals surface area contributed by atoms with E-state index in [0.717, 1.165) is 12.1 Å². The van der Waals surface area contributed by atoms with Crippen molar-refractivity contribution >= 4 is 0 Å². The largest absolute Gasteiger partial charge is 0.385 e. The summed E-state index contributed by atoms with van der Waals surface area (Å²) in [5, 5.41) is 13.0. The summed E-state index contributed by atoms with van der Waals surface area (Å²) in [4.78, 5) is 3.91. The van der Waals surface area contributed by atoms with Crippen LogP contribution in [0.3, 0.4) is 0 Å². The molecule has 0 aliphatic carbocycles. The van der Waals surface area contributed by atoms with Crippen LogP contribution in [0.15, 0.2) is 22.7 Å². The Morgan fingerprint density at radius 3 is 2.76 bits per heavy atom. The van der Waals surface area contributed by atoms with E-state index in [4.69, 9.17) is 4.52 Å². The lowest BCUT2D eigenvalue weighted by Gasteiger charge is -1.98. The lowest BCUT2D eigenvalue weighted by Crippen LogP contribution is -1.97. The van der Waals surface area contributed by atoms with Gasteiger partial charge in [-0.25, -0.2) is 8.78 Å². The molecule has 0 aliphatic heterocycles. The SMILES string of the molecule is CCC(O)c1noc(-c2ccc(F)c(F)c2)n1. The number of rotatable bonds is 3. The summed E-state index contributed by atoms with van der Waals surface area (Å²) >= 11 is 0. The number of aromatic nitrogens is 2. The van der Waals surface area contributed by atoms with E-state index in [-0.39, 0.29) is 17.3 Å². The van der Waals surface area contributed by atoms with Crippen LogP contribution in [0.2, 0.25) is 0 Å². The van der Waals surface area contributed by atoms with Crippen molar-refractivity contribution < 1.29 is 18.4 Å². The first-order chi connectivity index (χ1) is 8.11. The molecule has 0 saturated heterocycles. The molecular formula is C11H10F2N2O2. The molecule has 1 heterocycles. The van der Waals surface area contributed by atoms with E-state index in [0.29, 0.717) is 6.42 Å². The monoisotopic (exact) mass is 240 g/mol. The smallest absolute Gasteiger partial charge is 0.258 e. The van der Waals surface area contributed by atoms with Crippen molar-refractivity contribution in [2.75, 3.05) is 0 Å². The van der Waals surface area contributed by atoms with Crippen LogP contribution in [-0.4, -0.2) is 15.2 Å². The van der Waals surface area contributed by atoms with E-state index >= 15 is 0 Å². The normalized spacial score (nSPS) is 12.7. The van der Waals surface area contributed by atoms with Crippen LogP contribution in [0, 0.1) is 11.6 Å². The van der Waals surface area contributed by atoms with Gasteiger partial charge >= 0.3 is 0 Å². The molecule has 2 rings (SSSR count). The fourth-order valence-electron chi connectivity index (χ4n) is 1.30. The minimum Gasteiger partial charge on any atom is -0.385 e. The Bertz CT molecular complexity index is 528. The summed E-state index contributed by atoms with van der Waals surface area (Å²) in [5.41, 5.74) is 0.269. The van der Waals surface area contributed by atoms with Crippen molar-refractivity contribution in [3.8, 4) is 11.5 Å². The topological polar surface area (TPSA) is 59.2 Å². The van der Waals surface area contributed by atoms with Crippen molar-refractivity contribution in [3.63, 3.8) is 0 Å². The molecule has 1 atom stereocenters. The summed E-state index contributed by atoms with van der Waals surface area (Å²) < 4.78 is 30.6. The van der Waals surface area contributed by atoms with Gasteiger partial charge in [0.15, 0.2) is 11.6 Å². The Labute approximate surface area is 95.9 Å². The Balaban J connectivity index is 2.33. The van der Waals surface area contributed by atoms with Gasteiger partial charge in [0.25, 0.3) is 5.89 Å². The van der Waals surface area contributed by atoms with E-state index < -0.39 is 17.7 Å². The minimum atomic E-state index is -0.988. The van der Waals surface area contributed by atoms with Crippen LogP contribution in [0.5, 0.6) is 0 Å². The van der Waals surface area contributed by atoms with Crippen molar-refractivity contribution in [1.82, 2.24) is 10.1 Å². The van der Waals surface area contributed by atoms with Gasteiger partial charge in [-0.1, -0.05) is 12.1 Å². The highest BCUT2D eigenvalue weighted by molar-refractivity contribution is 5.52. The second-order valence-corrected chi connectivity index (χ2v) is 3.51. The molecule has 1 aromatic heterocycles. The minimum absolute atomic E-state index is 0.0476. The molecule has 17 heavy (non-hydrogen) atoms. The molecule has 0 aliphatic rings. The first kappa shape index (κ1) is 11.7. The van der Waals surface area contributed by atoms with Crippen molar-refractivity contribution in [3.05, 3.63) is 35.7 Å². The van der Waals surface area contributed by atoms with Gasteiger partial charge in [0.2, 0.25) is 5.82 Å². The summed E-state index contributed by atoms with van der Waals surface area (Å²) in [6.45, 7) is 1.76. The molecular weight excluding hydrogens is 230 g/mol. The van der Waals surface area contributed by atoms with Gasteiger partial charge in [-0.3, -0.25) is 0 Å². The van der Waals surface area contributed by atoms with Gasteiger partial charge in [-0.2, -0.15) is 4.98 Å². The molecule has 6 heteroatoms. The predicted molar refractivity (Wildman–Crippen MR) is 54.9 cm³/mol. The molecule has 0 saturated carbocycles. The highest BCUT2D eigenvalue weighted by atomic mass is 19.2. The number of nitrogens with zero attached hydrogens (tertiary/aromatic N) is 2. The van der Waals surface area contributed by atoms with Crippen LogP contribution in [-0.2, 0) is 0 Å². The molecule has 0 radical (unpaired) electrons. The van der Waals surface area contributed by atoms with Crippen molar-refractivity contribution in [2.45, 2.75) is 19.4 Å². The summed E-state index contributed by atoms with van der Waals surface area (Å²) in [6, 6.07) is 3.27. The zero-order valence-corrected chi connectivity index (χ0v) is 9.02. The molecule has 0 fully saturated rings. The number of hydrogen-bond donors (Lipinski definition) is 1. The van der Waals surface area contributed by atoms with E-state index in [1.807, 2.05) is 0 Å². The molecule has 1 N–H and O–H groups in total. The fourth-order valence-corrected chi connectivity index (χ4v) is 1.30. The molecule has 0 spiro atoms. The Morgan fingerprint density at radius 2 is 2.12 bits per heavy atom. The predicted octanol–water partition coefficient (Wildman–Crippen LogP) is 2.46. The summed E-state index contributed by atoms with van der Waals surface area (Å²) in [6.07, 6.45) is -0.380. The zero-order valence-electron chi connectivity index (χ0n) is 9.02. The number of hydrogen-bond acceptors (Lipinski definition) is 4. The Morgan fingerprint density at radius 1 is 1.35 bits per heavy atom. The molecule has 90 valence electrons. The van der Waals surface area contributed by atoms with E-state index in [2.05, 4.69) is 10.1 Å². The number of aliphatic hydroxyl groups is 1. The zero-order chi connectivity index (χ0) is 12.4. The molecule has 4 nitrogen and oxygen atoms in total. The lowest BCUT2D eigenvalue weighted by atomic mass is 10.2.